The summed E-state index contributed by atoms with van der Waals surface area (Å²) in [6, 6.07) is 17.9. The van der Waals surface area contributed by atoms with E-state index in [1.807, 2.05) is 47.0 Å². The third-order valence-electron chi connectivity index (χ3n) is 5.19. The Labute approximate surface area is 201 Å². The van der Waals surface area contributed by atoms with Crippen molar-refractivity contribution in [2.45, 2.75) is 13.0 Å². The molecular formula is C24H25BrClN5O. The average molecular weight is 515 g/mol. The third kappa shape index (κ3) is 5.23. The molecule has 1 N–H and O–H groups in total. The van der Waals surface area contributed by atoms with E-state index in [0.29, 0.717) is 5.02 Å². The molecule has 0 saturated heterocycles. The van der Waals surface area contributed by atoms with Crippen LogP contribution in [0, 0.1) is 0 Å². The molecule has 0 bridgehead atoms. The third-order valence-corrected chi connectivity index (χ3v) is 6.08. The van der Waals surface area contributed by atoms with Crippen molar-refractivity contribution in [1.29, 1.82) is 0 Å². The van der Waals surface area contributed by atoms with Crippen LogP contribution in [0.3, 0.4) is 0 Å². The van der Waals surface area contributed by atoms with Crippen molar-refractivity contribution in [1.82, 2.24) is 19.5 Å². The second-order valence-corrected chi connectivity index (χ2v) is 8.87. The van der Waals surface area contributed by atoms with Gasteiger partial charge in [-0.1, -0.05) is 41.9 Å². The minimum Gasteiger partial charge on any atom is -0.497 e. The van der Waals surface area contributed by atoms with Crippen LogP contribution in [-0.4, -0.2) is 46.7 Å². The number of halogens is 2. The summed E-state index contributed by atoms with van der Waals surface area (Å²) in [6.45, 7) is 2.64. The summed E-state index contributed by atoms with van der Waals surface area (Å²) in [7, 11) is 3.82. The smallest absolute Gasteiger partial charge is 0.172 e. The highest BCUT2D eigenvalue weighted by Crippen LogP contribution is 2.30. The molecule has 0 saturated carbocycles. The van der Waals surface area contributed by atoms with Crippen LogP contribution in [0.5, 0.6) is 5.75 Å². The van der Waals surface area contributed by atoms with Gasteiger partial charge in [0.1, 0.15) is 11.6 Å². The maximum Gasteiger partial charge on any atom is 0.172 e. The van der Waals surface area contributed by atoms with Gasteiger partial charge in [-0.05, 0) is 59.7 Å². The fourth-order valence-corrected chi connectivity index (χ4v) is 4.18. The predicted octanol–water partition coefficient (Wildman–Crippen LogP) is 5.75. The second-order valence-electron chi connectivity index (χ2n) is 7.60. The molecule has 32 heavy (non-hydrogen) atoms. The van der Waals surface area contributed by atoms with Crippen molar-refractivity contribution >= 4 is 39.0 Å². The molecule has 4 rings (SSSR count). The first-order valence-electron chi connectivity index (χ1n) is 10.4. The lowest BCUT2D eigenvalue weighted by Gasteiger charge is -2.18. The first-order valence-corrected chi connectivity index (χ1v) is 11.6. The molecule has 0 aliphatic heterocycles. The van der Waals surface area contributed by atoms with E-state index in [9.17, 15) is 0 Å². The molecule has 0 aliphatic rings. The summed E-state index contributed by atoms with van der Waals surface area (Å²) in [6.07, 6.45) is 2.74. The molecule has 8 heteroatoms. The zero-order valence-corrected chi connectivity index (χ0v) is 20.4. The van der Waals surface area contributed by atoms with Gasteiger partial charge in [0.2, 0.25) is 0 Å². The zero-order valence-electron chi connectivity index (χ0n) is 18.1. The molecule has 2 aromatic heterocycles. The van der Waals surface area contributed by atoms with Gasteiger partial charge in [-0.15, -0.1) is 0 Å². The summed E-state index contributed by atoms with van der Waals surface area (Å²) in [5.41, 5.74) is 3.69. The number of fused-ring (bicyclic) bond motifs is 1. The van der Waals surface area contributed by atoms with Crippen molar-refractivity contribution < 1.29 is 4.74 Å². The monoisotopic (exact) mass is 513 g/mol. The standard InChI is InChI=1S/C24H25BrClN5O/c1-30(16-17-7-5-8-18(13-17)32-2)12-6-11-27-23-14-22(19-9-3-4-10-21(19)26)29-24-20(25)15-28-31(23)24/h3-5,7-10,13-15,27H,6,11-12,16H2,1-2H3. The van der Waals surface area contributed by atoms with Crippen molar-refractivity contribution in [2.75, 3.05) is 32.6 Å². The van der Waals surface area contributed by atoms with Gasteiger partial charge >= 0.3 is 0 Å². The molecule has 0 spiro atoms. The number of rotatable bonds is 9. The highest BCUT2D eigenvalue weighted by Gasteiger charge is 2.13. The summed E-state index contributed by atoms with van der Waals surface area (Å²) in [5, 5.41) is 8.64. The van der Waals surface area contributed by atoms with Crippen LogP contribution in [0.2, 0.25) is 5.02 Å². The molecule has 0 amide bonds. The summed E-state index contributed by atoms with van der Waals surface area (Å²) in [4.78, 5) is 7.06. The molecule has 0 radical (unpaired) electrons. The Hall–Kier alpha value is -2.61. The number of nitrogens with one attached hydrogen (secondary N) is 1. The summed E-state index contributed by atoms with van der Waals surface area (Å²) in [5.74, 6) is 1.77. The minimum absolute atomic E-state index is 0.671. The summed E-state index contributed by atoms with van der Waals surface area (Å²) < 4.78 is 7.97. The van der Waals surface area contributed by atoms with Crippen molar-refractivity contribution in [3.05, 3.63) is 75.9 Å². The molecule has 2 heterocycles. The highest BCUT2D eigenvalue weighted by molar-refractivity contribution is 9.10. The van der Waals surface area contributed by atoms with Crippen LogP contribution in [0.25, 0.3) is 16.9 Å². The van der Waals surface area contributed by atoms with Gasteiger partial charge in [0.05, 0.1) is 23.5 Å². The van der Waals surface area contributed by atoms with Gasteiger partial charge in [0, 0.05) is 29.7 Å². The van der Waals surface area contributed by atoms with Crippen molar-refractivity contribution in [2.24, 2.45) is 0 Å². The van der Waals surface area contributed by atoms with E-state index < -0.39 is 0 Å². The summed E-state index contributed by atoms with van der Waals surface area (Å²) >= 11 is 9.96. The number of hydrogen-bond donors (Lipinski definition) is 1. The van der Waals surface area contributed by atoms with E-state index in [0.717, 1.165) is 59.0 Å². The Kier molecular flexibility index (Phi) is 7.29. The average Bonchev–Trinajstić information content (AvgIpc) is 3.18. The van der Waals surface area contributed by atoms with Crippen molar-refractivity contribution in [3.63, 3.8) is 0 Å². The van der Waals surface area contributed by atoms with E-state index >= 15 is 0 Å². The molecule has 0 fully saturated rings. The van der Waals surface area contributed by atoms with E-state index in [1.54, 1.807) is 13.3 Å². The van der Waals surface area contributed by atoms with Gasteiger partial charge in [0.25, 0.3) is 0 Å². The maximum atomic E-state index is 6.42. The molecule has 0 unspecified atom stereocenters. The van der Waals surface area contributed by atoms with Crippen LogP contribution < -0.4 is 10.1 Å². The van der Waals surface area contributed by atoms with E-state index in [1.165, 1.54) is 5.56 Å². The van der Waals surface area contributed by atoms with E-state index in [-0.39, 0.29) is 0 Å². The van der Waals surface area contributed by atoms with Crippen LogP contribution in [0.1, 0.15) is 12.0 Å². The molecular weight excluding hydrogens is 490 g/mol. The van der Waals surface area contributed by atoms with Crippen LogP contribution in [0.4, 0.5) is 5.82 Å². The lowest BCUT2D eigenvalue weighted by molar-refractivity contribution is 0.324. The zero-order chi connectivity index (χ0) is 22.5. The first kappa shape index (κ1) is 22.6. The Morgan fingerprint density at radius 1 is 1.16 bits per heavy atom. The van der Waals surface area contributed by atoms with Gasteiger partial charge in [-0.25, -0.2) is 4.98 Å². The van der Waals surface area contributed by atoms with Crippen molar-refractivity contribution in [3.8, 4) is 17.0 Å². The fraction of sp³-hybridized carbons (Fsp3) is 0.250. The lowest BCUT2D eigenvalue weighted by atomic mass is 10.1. The van der Waals surface area contributed by atoms with E-state index in [4.69, 9.17) is 21.3 Å². The lowest BCUT2D eigenvalue weighted by Crippen LogP contribution is -2.21. The number of benzene rings is 2. The molecule has 6 nitrogen and oxygen atoms in total. The normalized spacial score (nSPS) is 11.3. The molecule has 166 valence electrons. The largest absolute Gasteiger partial charge is 0.497 e. The van der Waals surface area contributed by atoms with Gasteiger partial charge in [-0.2, -0.15) is 9.61 Å². The Morgan fingerprint density at radius 2 is 2.00 bits per heavy atom. The Morgan fingerprint density at radius 3 is 2.81 bits per heavy atom. The van der Waals surface area contributed by atoms with Crippen LogP contribution >= 0.6 is 27.5 Å². The molecule has 0 aliphatic carbocycles. The number of anilines is 1. The predicted molar refractivity (Wildman–Crippen MR) is 134 cm³/mol. The van der Waals surface area contributed by atoms with Crippen LogP contribution in [0.15, 0.2) is 65.3 Å². The quantitative estimate of drug-likeness (QED) is 0.288. The number of aromatic nitrogens is 3. The Bertz CT molecular complexity index is 1210. The highest BCUT2D eigenvalue weighted by atomic mass is 79.9. The first-order chi connectivity index (χ1) is 15.5. The number of nitrogens with zero attached hydrogens (tertiary/aromatic N) is 4. The van der Waals surface area contributed by atoms with Gasteiger partial charge in [0.15, 0.2) is 5.65 Å². The molecule has 2 aromatic carbocycles. The molecule has 4 aromatic rings. The Balaban J connectivity index is 1.42. The van der Waals surface area contributed by atoms with Gasteiger partial charge in [-0.3, -0.25) is 0 Å². The number of ether oxygens (including phenoxy) is 1. The minimum atomic E-state index is 0.671. The SMILES string of the molecule is COc1cccc(CN(C)CCCNc2cc(-c3ccccc3Cl)nc3c(Br)cnn23)c1. The fourth-order valence-electron chi connectivity index (χ4n) is 3.60. The number of methoxy groups -OCH3 is 1. The molecule has 0 atom stereocenters. The van der Waals surface area contributed by atoms with Gasteiger partial charge < -0.3 is 15.0 Å². The second kappa shape index (κ2) is 10.3. The van der Waals surface area contributed by atoms with Crippen LogP contribution in [-0.2, 0) is 6.54 Å². The number of hydrogen-bond acceptors (Lipinski definition) is 5. The van der Waals surface area contributed by atoms with E-state index in [2.05, 4.69) is 50.4 Å². The topological polar surface area (TPSA) is 54.7 Å². The maximum absolute atomic E-state index is 6.42.